The summed E-state index contributed by atoms with van der Waals surface area (Å²) in [5, 5.41) is 16.9. The zero-order valence-electron chi connectivity index (χ0n) is 10.7. The quantitative estimate of drug-likeness (QED) is 0.581. The maximum atomic E-state index is 9.30. The molecule has 19 heavy (non-hydrogen) atoms. The van der Waals surface area contributed by atoms with Gasteiger partial charge >= 0.3 is 0 Å². The van der Waals surface area contributed by atoms with Crippen molar-refractivity contribution in [2.45, 2.75) is 13.5 Å². The fourth-order valence-electron chi connectivity index (χ4n) is 1.84. The van der Waals surface area contributed by atoms with Gasteiger partial charge in [0.1, 0.15) is 17.3 Å². The number of rotatable bonds is 4. The molecule has 2 aromatic carbocycles. The highest BCUT2D eigenvalue weighted by molar-refractivity contribution is 5.98. The molecule has 98 valence electrons. The molecule has 0 aliphatic rings. The Balaban J connectivity index is 2.46. The van der Waals surface area contributed by atoms with Crippen molar-refractivity contribution in [1.82, 2.24) is 0 Å². The maximum Gasteiger partial charge on any atom is 0.141 e. The van der Waals surface area contributed by atoms with Crippen molar-refractivity contribution in [2.24, 2.45) is 5.73 Å². The number of para-hydroxylation sites is 2. The second-order valence-corrected chi connectivity index (χ2v) is 4.23. The van der Waals surface area contributed by atoms with Crippen LogP contribution in [0.15, 0.2) is 42.5 Å². The van der Waals surface area contributed by atoms with E-state index in [1.165, 1.54) is 0 Å². The maximum absolute atomic E-state index is 9.30. The zero-order valence-corrected chi connectivity index (χ0v) is 10.7. The summed E-state index contributed by atoms with van der Waals surface area (Å²) in [4.78, 5) is 0. The number of aryl methyl sites for hydroxylation is 1. The number of aliphatic hydroxyl groups is 1. The fraction of sp³-hybridized carbons (Fsp3) is 0.133. The Bertz CT molecular complexity index is 609. The number of amidine groups is 1. The van der Waals surface area contributed by atoms with Crippen molar-refractivity contribution < 1.29 is 9.84 Å². The molecule has 0 radical (unpaired) electrons. The third kappa shape index (κ3) is 2.74. The van der Waals surface area contributed by atoms with E-state index in [0.29, 0.717) is 22.6 Å². The van der Waals surface area contributed by atoms with Crippen LogP contribution >= 0.6 is 0 Å². The van der Waals surface area contributed by atoms with Crippen LogP contribution in [-0.4, -0.2) is 10.9 Å². The average Bonchev–Trinajstić information content (AvgIpc) is 2.41. The van der Waals surface area contributed by atoms with Gasteiger partial charge in [-0.3, -0.25) is 5.41 Å². The topological polar surface area (TPSA) is 79.3 Å². The molecule has 0 saturated heterocycles. The van der Waals surface area contributed by atoms with Crippen LogP contribution in [0.4, 0.5) is 0 Å². The van der Waals surface area contributed by atoms with Crippen molar-refractivity contribution >= 4 is 5.84 Å². The largest absolute Gasteiger partial charge is 0.456 e. The van der Waals surface area contributed by atoms with Gasteiger partial charge in [-0.1, -0.05) is 30.3 Å². The molecule has 0 spiro atoms. The number of ether oxygens (including phenoxy) is 1. The molecule has 0 aliphatic carbocycles. The molecule has 0 saturated carbocycles. The second-order valence-electron chi connectivity index (χ2n) is 4.23. The van der Waals surface area contributed by atoms with Gasteiger partial charge in [0.05, 0.1) is 12.2 Å². The minimum Gasteiger partial charge on any atom is -0.456 e. The molecule has 4 heteroatoms. The second kappa shape index (κ2) is 5.54. The molecule has 4 N–H and O–H groups in total. The summed E-state index contributed by atoms with van der Waals surface area (Å²) in [6.45, 7) is 1.79. The zero-order chi connectivity index (χ0) is 13.8. The van der Waals surface area contributed by atoms with Crippen LogP contribution in [0.2, 0.25) is 0 Å². The van der Waals surface area contributed by atoms with Crippen LogP contribution < -0.4 is 10.5 Å². The molecule has 0 heterocycles. The molecule has 0 amide bonds. The van der Waals surface area contributed by atoms with Crippen LogP contribution in [0.25, 0.3) is 0 Å². The number of nitrogens with one attached hydrogen (secondary N) is 1. The highest BCUT2D eigenvalue weighted by atomic mass is 16.5. The minimum absolute atomic E-state index is 0.0415. The molecule has 0 atom stereocenters. The van der Waals surface area contributed by atoms with E-state index in [4.69, 9.17) is 15.9 Å². The summed E-state index contributed by atoms with van der Waals surface area (Å²) in [5.74, 6) is 1.08. The predicted octanol–water partition coefficient (Wildman–Crippen LogP) is 2.56. The SMILES string of the molecule is Cc1cccc(C(=N)N)c1Oc1ccccc1CO. The molecule has 2 aromatic rings. The van der Waals surface area contributed by atoms with Crippen molar-refractivity contribution in [3.05, 3.63) is 59.2 Å². The number of nitrogen functional groups attached to an aromatic ring is 1. The number of benzene rings is 2. The number of nitrogens with two attached hydrogens (primary N) is 1. The van der Waals surface area contributed by atoms with Crippen LogP contribution in [0.1, 0.15) is 16.7 Å². The summed E-state index contributed by atoms with van der Waals surface area (Å²) in [6.07, 6.45) is 0. The number of aliphatic hydroxyl groups excluding tert-OH is 1. The van der Waals surface area contributed by atoms with Gasteiger partial charge in [-0.2, -0.15) is 0 Å². The van der Waals surface area contributed by atoms with E-state index >= 15 is 0 Å². The third-order valence-electron chi connectivity index (χ3n) is 2.86. The Kier molecular flexibility index (Phi) is 3.82. The van der Waals surface area contributed by atoms with Crippen molar-refractivity contribution in [1.29, 1.82) is 5.41 Å². The molecule has 0 unspecified atom stereocenters. The first-order valence-electron chi connectivity index (χ1n) is 5.94. The lowest BCUT2D eigenvalue weighted by atomic mass is 10.1. The minimum atomic E-state index is -0.0997. The summed E-state index contributed by atoms with van der Waals surface area (Å²) in [5.41, 5.74) is 7.69. The first kappa shape index (κ1) is 13.1. The first-order chi connectivity index (χ1) is 9.13. The average molecular weight is 256 g/mol. The molecule has 0 bridgehead atoms. The summed E-state index contributed by atoms with van der Waals surface area (Å²) in [6, 6.07) is 12.7. The summed E-state index contributed by atoms with van der Waals surface area (Å²) < 4.78 is 5.84. The lowest BCUT2D eigenvalue weighted by Gasteiger charge is -2.15. The number of hydrogen-bond donors (Lipinski definition) is 3. The molecule has 2 rings (SSSR count). The molecular weight excluding hydrogens is 240 g/mol. The summed E-state index contributed by atoms with van der Waals surface area (Å²) >= 11 is 0. The van der Waals surface area contributed by atoms with Crippen molar-refractivity contribution in [3.8, 4) is 11.5 Å². The van der Waals surface area contributed by atoms with Gasteiger partial charge in [-0.05, 0) is 24.6 Å². The van der Waals surface area contributed by atoms with Gasteiger partial charge in [-0.25, -0.2) is 0 Å². The van der Waals surface area contributed by atoms with Gasteiger partial charge < -0.3 is 15.6 Å². The Labute approximate surface area is 112 Å². The molecular formula is C15H16N2O2. The lowest BCUT2D eigenvalue weighted by molar-refractivity contribution is 0.276. The Hall–Kier alpha value is -2.33. The smallest absolute Gasteiger partial charge is 0.141 e. The monoisotopic (exact) mass is 256 g/mol. The normalized spacial score (nSPS) is 10.2. The van der Waals surface area contributed by atoms with E-state index in [1.54, 1.807) is 18.2 Å². The van der Waals surface area contributed by atoms with Crippen LogP contribution in [0, 0.1) is 12.3 Å². The number of hydrogen-bond acceptors (Lipinski definition) is 3. The molecule has 0 aromatic heterocycles. The fourth-order valence-corrected chi connectivity index (χ4v) is 1.84. The molecule has 0 fully saturated rings. The summed E-state index contributed by atoms with van der Waals surface area (Å²) in [7, 11) is 0. The first-order valence-corrected chi connectivity index (χ1v) is 5.94. The van der Waals surface area contributed by atoms with E-state index in [2.05, 4.69) is 0 Å². The Morgan fingerprint density at radius 2 is 1.95 bits per heavy atom. The molecule has 0 aliphatic heterocycles. The van der Waals surface area contributed by atoms with Gasteiger partial charge in [-0.15, -0.1) is 0 Å². The van der Waals surface area contributed by atoms with Gasteiger partial charge in [0.2, 0.25) is 0 Å². The molecule has 4 nitrogen and oxygen atoms in total. The highest BCUT2D eigenvalue weighted by Crippen LogP contribution is 2.30. The van der Waals surface area contributed by atoms with E-state index in [1.807, 2.05) is 31.2 Å². The highest BCUT2D eigenvalue weighted by Gasteiger charge is 2.12. The lowest BCUT2D eigenvalue weighted by Crippen LogP contribution is -2.13. The predicted molar refractivity (Wildman–Crippen MR) is 74.6 cm³/mol. The van der Waals surface area contributed by atoms with Crippen LogP contribution in [0.3, 0.4) is 0 Å². The van der Waals surface area contributed by atoms with E-state index in [0.717, 1.165) is 5.56 Å². The van der Waals surface area contributed by atoms with Gasteiger partial charge in [0.25, 0.3) is 0 Å². The standard InChI is InChI=1S/C15H16N2O2/c1-10-5-4-7-12(15(16)17)14(10)19-13-8-3-2-6-11(13)9-18/h2-8,18H,9H2,1H3,(H3,16,17). The van der Waals surface area contributed by atoms with Crippen molar-refractivity contribution in [3.63, 3.8) is 0 Å². The van der Waals surface area contributed by atoms with E-state index in [9.17, 15) is 5.11 Å². The van der Waals surface area contributed by atoms with Gasteiger partial charge in [0.15, 0.2) is 0 Å². The Morgan fingerprint density at radius 3 is 2.63 bits per heavy atom. The van der Waals surface area contributed by atoms with Crippen molar-refractivity contribution in [2.75, 3.05) is 0 Å². The Morgan fingerprint density at radius 1 is 1.21 bits per heavy atom. The van der Waals surface area contributed by atoms with E-state index < -0.39 is 0 Å². The van der Waals surface area contributed by atoms with Crippen LogP contribution in [0.5, 0.6) is 11.5 Å². The van der Waals surface area contributed by atoms with E-state index in [-0.39, 0.29) is 12.4 Å². The van der Waals surface area contributed by atoms with Gasteiger partial charge in [0, 0.05) is 5.56 Å². The third-order valence-corrected chi connectivity index (χ3v) is 2.86. The van der Waals surface area contributed by atoms with Crippen LogP contribution in [-0.2, 0) is 6.61 Å².